The number of nitrogens with zero attached hydrogens (tertiary/aromatic N) is 1. The third kappa shape index (κ3) is 5.53. The van der Waals surface area contributed by atoms with Gasteiger partial charge in [-0.25, -0.2) is 0 Å². The molecule has 0 aliphatic carbocycles. The first kappa shape index (κ1) is 7.53. The van der Waals surface area contributed by atoms with E-state index in [0.29, 0.717) is 0 Å². The maximum atomic E-state index is 8.09. The molecule has 0 aromatic carbocycles. The van der Waals surface area contributed by atoms with Crippen molar-refractivity contribution in [2.24, 2.45) is 0 Å². The van der Waals surface area contributed by atoms with Gasteiger partial charge in [0.2, 0.25) is 0 Å². The van der Waals surface area contributed by atoms with Crippen LogP contribution in [0, 0.1) is 10.2 Å². The molecule has 0 amide bonds. The monoisotopic (exact) mass is 173 g/mol. The summed E-state index contributed by atoms with van der Waals surface area (Å²) in [6.45, 7) is 3.40. The predicted molar refractivity (Wildman–Crippen MR) is 34.5 cm³/mol. The summed E-state index contributed by atoms with van der Waals surface area (Å²) in [6, 6.07) is 0. The molecule has 0 rings (SSSR count). The van der Waals surface area contributed by atoms with E-state index >= 15 is 0 Å². The molecule has 2 heteroatoms. The van der Waals surface area contributed by atoms with Crippen molar-refractivity contribution in [2.75, 3.05) is 0 Å². The Kier molecular flexibility index (Phi) is 6.15. The number of hydrogen-bond donors (Lipinski definition) is 0. The van der Waals surface area contributed by atoms with E-state index in [2.05, 4.69) is 17.3 Å². The van der Waals surface area contributed by atoms with E-state index in [4.69, 9.17) is 5.26 Å². The Bertz CT molecular complexity index is 128. The van der Waals surface area contributed by atoms with Gasteiger partial charge in [0.25, 0.3) is 0 Å². The average molecular weight is 172 g/mol. The van der Waals surface area contributed by atoms with Gasteiger partial charge in [-0.3, -0.25) is 0 Å². The summed E-state index contributed by atoms with van der Waals surface area (Å²) in [4.78, 5) is 2.12. The van der Waals surface area contributed by atoms with E-state index in [0.717, 1.165) is 11.7 Å². The molecule has 0 unspecified atom stereocenters. The Balaban J connectivity index is 2.96. The quantitative estimate of drug-likeness (QED) is 0.358. The van der Waals surface area contributed by atoms with Crippen molar-refractivity contribution < 1.29 is 0 Å². The number of nitriles is 1. The Labute approximate surface area is 55.9 Å². The number of rotatable bonds is 3. The zero-order valence-corrected chi connectivity index (χ0v) is 6.27. The van der Waals surface area contributed by atoms with Crippen molar-refractivity contribution in [3.63, 3.8) is 0 Å². The van der Waals surface area contributed by atoms with E-state index in [1.807, 2.05) is 6.08 Å². The first-order valence-corrected chi connectivity index (χ1v) is 4.33. The van der Waals surface area contributed by atoms with E-state index in [-0.39, 0.29) is 15.0 Å². The van der Waals surface area contributed by atoms with Crippen molar-refractivity contribution in [2.45, 2.75) is 11.7 Å². The molecule has 0 N–H and O–H groups in total. The molecule has 0 saturated carbocycles. The van der Waals surface area contributed by atoms with Crippen LogP contribution in [0.5, 0.6) is 0 Å². The van der Waals surface area contributed by atoms with Crippen LogP contribution in [-0.2, 0) is 0 Å². The molecule has 0 bridgehead atoms. The van der Waals surface area contributed by atoms with Crippen LogP contribution in [0.15, 0.2) is 18.4 Å². The fraction of sp³-hybridized carbons (Fsp3) is 0.333. The van der Waals surface area contributed by atoms with Crippen LogP contribution in [0.4, 0.5) is 0 Å². The van der Waals surface area contributed by atoms with Crippen LogP contribution in [-0.4, -0.2) is 15.0 Å². The van der Waals surface area contributed by atoms with E-state index < -0.39 is 0 Å². The van der Waals surface area contributed by atoms with Crippen molar-refractivity contribution >= 4 is 15.0 Å². The molecule has 0 aromatic rings. The average Bonchev–Trinajstić information content (AvgIpc) is 1.81. The molecule has 0 spiro atoms. The van der Waals surface area contributed by atoms with Crippen molar-refractivity contribution in [1.29, 1.82) is 5.26 Å². The topological polar surface area (TPSA) is 23.8 Å². The van der Waals surface area contributed by atoms with Crippen LogP contribution in [0.3, 0.4) is 0 Å². The molecule has 0 aliphatic rings. The van der Waals surface area contributed by atoms with Gasteiger partial charge in [-0.2, -0.15) is 0 Å². The predicted octanol–water partition coefficient (Wildman–Crippen LogP) is 1.32. The third-order valence-corrected chi connectivity index (χ3v) is 1.77. The molecule has 0 saturated heterocycles. The van der Waals surface area contributed by atoms with Gasteiger partial charge in [0, 0.05) is 0 Å². The molecule has 0 aromatic heterocycles. The minimum atomic E-state index is 0.174. The van der Waals surface area contributed by atoms with E-state index in [9.17, 15) is 0 Å². The molecule has 0 radical (unpaired) electrons. The molecular formula is C6H7NSe. The second-order valence-corrected chi connectivity index (χ2v) is 2.98. The van der Waals surface area contributed by atoms with Gasteiger partial charge in [0.15, 0.2) is 0 Å². The first-order valence-electron chi connectivity index (χ1n) is 2.27. The summed E-state index contributed by atoms with van der Waals surface area (Å²) in [7, 11) is 0. The Hall–Kier alpha value is -0.471. The van der Waals surface area contributed by atoms with Crippen LogP contribution >= 0.6 is 0 Å². The van der Waals surface area contributed by atoms with Gasteiger partial charge in [0.05, 0.1) is 0 Å². The third-order valence-electron chi connectivity index (χ3n) is 0.573. The van der Waals surface area contributed by atoms with Gasteiger partial charge < -0.3 is 0 Å². The zero-order chi connectivity index (χ0) is 6.24. The fourth-order valence-electron chi connectivity index (χ4n) is 0.266. The molecular weight excluding hydrogens is 165 g/mol. The number of hydrogen-bond acceptors (Lipinski definition) is 1. The zero-order valence-electron chi connectivity index (χ0n) is 4.55. The summed E-state index contributed by atoms with van der Waals surface area (Å²) in [5, 5.41) is 9.09. The van der Waals surface area contributed by atoms with Crippen LogP contribution in [0.2, 0.25) is 5.32 Å². The maximum absolute atomic E-state index is 8.09. The summed E-state index contributed by atoms with van der Waals surface area (Å²) in [5.41, 5.74) is 2.65. The van der Waals surface area contributed by atoms with E-state index in [1.54, 1.807) is 0 Å². The molecule has 0 atom stereocenters. The SMILES string of the molecule is C=C=CCC[Se]C#N. The molecule has 1 nitrogen and oxygen atoms in total. The normalized spacial score (nSPS) is 6.88. The summed E-state index contributed by atoms with van der Waals surface area (Å²) < 4.78 is 0. The van der Waals surface area contributed by atoms with Crippen molar-refractivity contribution in [3.8, 4) is 4.97 Å². The molecule has 0 fully saturated rings. The van der Waals surface area contributed by atoms with Crippen molar-refractivity contribution in [1.82, 2.24) is 0 Å². The Morgan fingerprint density at radius 3 is 3.00 bits per heavy atom. The van der Waals surface area contributed by atoms with Gasteiger partial charge in [0.1, 0.15) is 0 Å². The van der Waals surface area contributed by atoms with Gasteiger partial charge in [-0.15, -0.1) is 0 Å². The first-order chi connectivity index (χ1) is 3.91. The Morgan fingerprint density at radius 1 is 1.75 bits per heavy atom. The minimum absolute atomic E-state index is 0.174. The molecule has 0 heterocycles. The van der Waals surface area contributed by atoms with Crippen LogP contribution in [0.1, 0.15) is 6.42 Å². The summed E-state index contributed by atoms with van der Waals surface area (Å²) >= 11 is 0.174. The second kappa shape index (κ2) is 6.53. The molecule has 0 aliphatic heterocycles. The summed E-state index contributed by atoms with van der Waals surface area (Å²) in [5.74, 6) is 0. The second-order valence-electron chi connectivity index (χ2n) is 1.14. The van der Waals surface area contributed by atoms with E-state index in [1.165, 1.54) is 0 Å². The molecule has 8 heavy (non-hydrogen) atoms. The molecule has 42 valence electrons. The van der Waals surface area contributed by atoms with Gasteiger partial charge in [-0.1, -0.05) is 0 Å². The van der Waals surface area contributed by atoms with Gasteiger partial charge in [-0.05, 0) is 0 Å². The standard InChI is InChI=1S/C6H7NSe/c1-2-3-4-5-8-6-7/h3H,1,4-5H2. The van der Waals surface area contributed by atoms with Crippen LogP contribution in [0.25, 0.3) is 0 Å². The fourth-order valence-corrected chi connectivity index (χ4v) is 0.952. The number of allylic oxidation sites excluding steroid dienone is 1. The van der Waals surface area contributed by atoms with Crippen LogP contribution < -0.4 is 0 Å². The van der Waals surface area contributed by atoms with Crippen molar-refractivity contribution in [3.05, 3.63) is 18.4 Å². The van der Waals surface area contributed by atoms with Gasteiger partial charge >= 0.3 is 55.3 Å². The Morgan fingerprint density at radius 2 is 2.50 bits per heavy atom. The summed E-state index contributed by atoms with van der Waals surface area (Å²) in [6.07, 6.45) is 2.82.